The van der Waals surface area contributed by atoms with Crippen molar-refractivity contribution in [1.29, 1.82) is 0 Å². The number of halogens is 1. The van der Waals surface area contributed by atoms with Crippen LogP contribution in [0.2, 0.25) is 0 Å². The summed E-state index contributed by atoms with van der Waals surface area (Å²) in [6, 6.07) is 12.8. The lowest BCUT2D eigenvalue weighted by molar-refractivity contribution is 0.308. The minimum Gasteiger partial charge on any atom is -0.497 e. The Morgan fingerprint density at radius 2 is 1.80 bits per heavy atom. The van der Waals surface area contributed by atoms with Crippen molar-refractivity contribution in [2.45, 2.75) is 20.3 Å². The summed E-state index contributed by atoms with van der Waals surface area (Å²) in [4.78, 5) is 2.46. The molecule has 0 saturated carbocycles. The van der Waals surface area contributed by atoms with Crippen molar-refractivity contribution in [3.05, 3.63) is 42.0 Å². The first-order valence-electron chi connectivity index (χ1n) is 7.06. The molecule has 0 bridgehead atoms. The van der Waals surface area contributed by atoms with Gasteiger partial charge in [-0.3, -0.25) is 0 Å². The quantitative estimate of drug-likeness (QED) is 0.793. The van der Waals surface area contributed by atoms with Crippen molar-refractivity contribution in [2.24, 2.45) is 0 Å². The van der Waals surface area contributed by atoms with Crippen LogP contribution in [0.4, 0.5) is 0 Å². The number of fused-ring (bicyclic) bond motifs is 1. The minimum absolute atomic E-state index is 0. The van der Waals surface area contributed by atoms with Gasteiger partial charge in [-0.05, 0) is 48.0 Å². The predicted molar refractivity (Wildman–Crippen MR) is 89.2 cm³/mol. The summed E-state index contributed by atoms with van der Waals surface area (Å²) < 4.78 is 5.33. The van der Waals surface area contributed by atoms with E-state index in [1.165, 1.54) is 16.3 Å². The van der Waals surface area contributed by atoms with Crippen molar-refractivity contribution >= 4 is 23.2 Å². The molecular weight excluding hydrogens is 270 g/mol. The first-order chi connectivity index (χ1) is 9.28. The van der Waals surface area contributed by atoms with Gasteiger partial charge in [-0.2, -0.15) is 0 Å². The molecule has 0 amide bonds. The number of nitrogens with zero attached hydrogens (tertiary/aromatic N) is 1. The van der Waals surface area contributed by atoms with E-state index in [9.17, 15) is 0 Å². The van der Waals surface area contributed by atoms with Crippen LogP contribution in [0.3, 0.4) is 0 Å². The topological polar surface area (TPSA) is 12.5 Å². The van der Waals surface area contributed by atoms with Gasteiger partial charge in [0, 0.05) is 6.54 Å². The van der Waals surface area contributed by atoms with Gasteiger partial charge in [-0.15, -0.1) is 12.4 Å². The molecule has 0 N–H and O–H groups in total. The lowest BCUT2D eigenvalue weighted by atomic mass is 10.0. The fourth-order valence-electron chi connectivity index (χ4n) is 2.48. The van der Waals surface area contributed by atoms with Crippen molar-refractivity contribution < 1.29 is 4.74 Å². The zero-order chi connectivity index (χ0) is 13.7. The second kappa shape index (κ2) is 8.13. The van der Waals surface area contributed by atoms with Gasteiger partial charge in [0.15, 0.2) is 0 Å². The van der Waals surface area contributed by atoms with Crippen LogP contribution < -0.4 is 4.74 Å². The fourth-order valence-corrected chi connectivity index (χ4v) is 2.48. The Balaban J connectivity index is 0.00000200. The molecule has 0 aromatic heterocycles. The normalized spacial score (nSPS) is 10.6. The van der Waals surface area contributed by atoms with E-state index in [-0.39, 0.29) is 12.4 Å². The van der Waals surface area contributed by atoms with Gasteiger partial charge < -0.3 is 9.64 Å². The average Bonchev–Trinajstić information content (AvgIpc) is 2.47. The number of hydrogen-bond donors (Lipinski definition) is 0. The second-order valence-electron chi connectivity index (χ2n) is 4.78. The lowest BCUT2D eigenvalue weighted by Gasteiger charge is -2.18. The Hall–Kier alpha value is -1.25. The molecule has 0 saturated heterocycles. The summed E-state index contributed by atoms with van der Waals surface area (Å²) in [5.41, 5.74) is 1.41. The van der Waals surface area contributed by atoms with Crippen LogP contribution in [0.25, 0.3) is 10.8 Å². The highest BCUT2D eigenvalue weighted by Crippen LogP contribution is 2.24. The highest BCUT2D eigenvalue weighted by atomic mass is 35.5. The molecule has 0 atom stereocenters. The van der Waals surface area contributed by atoms with Gasteiger partial charge in [0.25, 0.3) is 0 Å². The Morgan fingerprint density at radius 3 is 2.45 bits per heavy atom. The van der Waals surface area contributed by atoms with Crippen LogP contribution in [0.15, 0.2) is 36.4 Å². The number of rotatable bonds is 6. The number of ether oxygens (including phenoxy) is 1. The molecule has 2 rings (SSSR count). The smallest absolute Gasteiger partial charge is 0.119 e. The zero-order valence-electron chi connectivity index (χ0n) is 12.6. The SMILES string of the molecule is CCN(CC)CCc1cccc2ccc(OC)cc12.Cl. The summed E-state index contributed by atoms with van der Waals surface area (Å²) in [5.74, 6) is 0.933. The maximum absolute atomic E-state index is 5.33. The Morgan fingerprint density at radius 1 is 1.05 bits per heavy atom. The summed E-state index contributed by atoms with van der Waals surface area (Å²) in [5, 5.41) is 2.60. The predicted octanol–water partition coefficient (Wildman–Crippen LogP) is 4.15. The molecule has 2 aromatic carbocycles. The Bertz CT molecular complexity index is 538. The molecule has 0 aliphatic rings. The van der Waals surface area contributed by atoms with Gasteiger partial charge in [0.05, 0.1) is 7.11 Å². The molecule has 3 heteroatoms. The standard InChI is InChI=1S/C17H23NO.ClH/c1-4-18(5-2)12-11-15-8-6-7-14-9-10-16(19-3)13-17(14)15;/h6-10,13H,4-5,11-12H2,1-3H3;1H. The Kier molecular flexibility index (Phi) is 6.83. The van der Waals surface area contributed by atoms with E-state index in [0.29, 0.717) is 0 Å². The molecule has 110 valence electrons. The molecule has 0 unspecified atom stereocenters. The van der Waals surface area contributed by atoms with E-state index in [1.54, 1.807) is 7.11 Å². The third-order valence-corrected chi connectivity index (χ3v) is 3.77. The maximum atomic E-state index is 5.33. The van der Waals surface area contributed by atoms with E-state index >= 15 is 0 Å². The van der Waals surface area contributed by atoms with Crippen LogP contribution in [-0.2, 0) is 6.42 Å². The molecule has 0 radical (unpaired) electrons. The maximum Gasteiger partial charge on any atom is 0.119 e. The van der Waals surface area contributed by atoms with Crippen LogP contribution in [-0.4, -0.2) is 31.6 Å². The molecule has 0 aliphatic heterocycles. The number of likely N-dealkylation sites (N-methyl/N-ethyl adjacent to an activating group) is 1. The van der Waals surface area contributed by atoms with E-state index in [2.05, 4.69) is 49.1 Å². The largest absolute Gasteiger partial charge is 0.497 e. The third kappa shape index (κ3) is 3.87. The van der Waals surface area contributed by atoms with Gasteiger partial charge in [0.2, 0.25) is 0 Å². The molecule has 0 heterocycles. The van der Waals surface area contributed by atoms with Crippen LogP contribution in [0, 0.1) is 0 Å². The van der Waals surface area contributed by atoms with Crippen LogP contribution in [0.5, 0.6) is 5.75 Å². The van der Waals surface area contributed by atoms with Crippen molar-refractivity contribution in [2.75, 3.05) is 26.7 Å². The number of benzene rings is 2. The van der Waals surface area contributed by atoms with Gasteiger partial charge >= 0.3 is 0 Å². The van der Waals surface area contributed by atoms with Crippen molar-refractivity contribution in [3.8, 4) is 5.75 Å². The lowest BCUT2D eigenvalue weighted by Crippen LogP contribution is -2.25. The molecular formula is C17H24ClNO. The monoisotopic (exact) mass is 293 g/mol. The molecule has 2 nitrogen and oxygen atoms in total. The van der Waals surface area contributed by atoms with Crippen molar-refractivity contribution in [3.63, 3.8) is 0 Å². The first kappa shape index (κ1) is 16.8. The van der Waals surface area contributed by atoms with Gasteiger partial charge in [0.1, 0.15) is 5.75 Å². The van der Waals surface area contributed by atoms with Crippen LogP contribution in [0.1, 0.15) is 19.4 Å². The van der Waals surface area contributed by atoms with E-state index in [0.717, 1.165) is 31.8 Å². The Labute approximate surface area is 128 Å². The highest BCUT2D eigenvalue weighted by molar-refractivity contribution is 5.87. The summed E-state index contributed by atoms with van der Waals surface area (Å²) in [7, 11) is 1.72. The molecule has 20 heavy (non-hydrogen) atoms. The highest BCUT2D eigenvalue weighted by Gasteiger charge is 2.05. The number of hydrogen-bond acceptors (Lipinski definition) is 2. The fraction of sp³-hybridized carbons (Fsp3) is 0.412. The van der Waals surface area contributed by atoms with Gasteiger partial charge in [-0.1, -0.05) is 38.1 Å². The number of methoxy groups -OCH3 is 1. The second-order valence-corrected chi connectivity index (χ2v) is 4.78. The summed E-state index contributed by atoms with van der Waals surface area (Å²) in [6.07, 6.45) is 1.09. The van der Waals surface area contributed by atoms with E-state index < -0.39 is 0 Å². The first-order valence-corrected chi connectivity index (χ1v) is 7.06. The third-order valence-electron chi connectivity index (χ3n) is 3.77. The van der Waals surface area contributed by atoms with E-state index in [4.69, 9.17) is 4.74 Å². The van der Waals surface area contributed by atoms with E-state index in [1.807, 2.05) is 6.07 Å². The average molecular weight is 294 g/mol. The van der Waals surface area contributed by atoms with Gasteiger partial charge in [-0.25, -0.2) is 0 Å². The zero-order valence-corrected chi connectivity index (χ0v) is 13.4. The molecule has 0 aliphatic carbocycles. The summed E-state index contributed by atoms with van der Waals surface area (Å²) in [6.45, 7) is 7.78. The molecule has 2 aromatic rings. The summed E-state index contributed by atoms with van der Waals surface area (Å²) >= 11 is 0. The molecule has 0 spiro atoms. The molecule has 0 fully saturated rings. The van der Waals surface area contributed by atoms with Crippen molar-refractivity contribution in [1.82, 2.24) is 4.90 Å². The van der Waals surface area contributed by atoms with Crippen LogP contribution >= 0.6 is 12.4 Å². The minimum atomic E-state index is 0.